The Hall–Kier alpha value is -2.47. The van der Waals surface area contributed by atoms with Crippen molar-refractivity contribution in [1.29, 1.82) is 0 Å². The fourth-order valence-electron chi connectivity index (χ4n) is 2.22. The molecule has 1 heterocycles. The summed E-state index contributed by atoms with van der Waals surface area (Å²) in [5.41, 5.74) is 7.06. The van der Waals surface area contributed by atoms with E-state index >= 15 is 0 Å². The Morgan fingerprint density at radius 1 is 1.00 bits per heavy atom. The standard InChI is InChI=1S/C14H11F2N3O/c15-8-2-1-3-9(16)12(8)13(17)7-4-5-10-11(6-7)19-14(20)18-10/h1-6,13H,17H2,(H2,18,19,20). The molecule has 0 radical (unpaired) electrons. The number of hydrogen-bond donors (Lipinski definition) is 3. The van der Waals surface area contributed by atoms with E-state index in [0.29, 0.717) is 16.6 Å². The molecule has 0 aliphatic carbocycles. The van der Waals surface area contributed by atoms with Gasteiger partial charge >= 0.3 is 5.69 Å². The van der Waals surface area contributed by atoms with Crippen molar-refractivity contribution in [2.45, 2.75) is 6.04 Å². The van der Waals surface area contributed by atoms with Crippen LogP contribution in [0.15, 0.2) is 41.2 Å². The lowest BCUT2D eigenvalue weighted by atomic mass is 9.98. The molecule has 0 aliphatic rings. The van der Waals surface area contributed by atoms with E-state index < -0.39 is 17.7 Å². The number of nitrogens with two attached hydrogens (primary N) is 1. The van der Waals surface area contributed by atoms with Crippen LogP contribution in [0.5, 0.6) is 0 Å². The fraction of sp³-hybridized carbons (Fsp3) is 0.0714. The van der Waals surface area contributed by atoms with Gasteiger partial charge in [-0.05, 0) is 29.8 Å². The second-order valence-corrected chi connectivity index (χ2v) is 4.50. The number of aromatic amines is 2. The van der Waals surface area contributed by atoms with Gasteiger partial charge in [-0.3, -0.25) is 0 Å². The number of rotatable bonds is 2. The minimum Gasteiger partial charge on any atom is -0.320 e. The van der Waals surface area contributed by atoms with Crippen LogP contribution in [0.2, 0.25) is 0 Å². The van der Waals surface area contributed by atoms with E-state index in [1.165, 1.54) is 6.07 Å². The Kier molecular flexibility index (Phi) is 2.87. The van der Waals surface area contributed by atoms with Gasteiger partial charge in [0.2, 0.25) is 0 Å². The number of H-pyrrole nitrogens is 2. The number of imidazole rings is 1. The highest BCUT2D eigenvalue weighted by molar-refractivity contribution is 5.75. The predicted octanol–water partition coefficient (Wildman–Crippen LogP) is 2.18. The molecule has 0 saturated heterocycles. The van der Waals surface area contributed by atoms with Crippen LogP contribution in [0.3, 0.4) is 0 Å². The molecular formula is C14H11F2N3O. The number of nitrogens with one attached hydrogen (secondary N) is 2. The van der Waals surface area contributed by atoms with Crippen molar-refractivity contribution in [3.05, 3.63) is 69.6 Å². The van der Waals surface area contributed by atoms with Crippen molar-refractivity contribution in [3.63, 3.8) is 0 Å². The van der Waals surface area contributed by atoms with Gasteiger partial charge in [-0.2, -0.15) is 0 Å². The lowest BCUT2D eigenvalue weighted by Crippen LogP contribution is -2.15. The van der Waals surface area contributed by atoms with E-state index in [0.717, 1.165) is 12.1 Å². The molecule has 0 amide bonds. The number of halogens is 2. The molecule has 1 atom stereocenters. The van der Waals surface area contributed by atoms with E-state index in [-0.39, 0.29) is 11.3 Å². The summed E-state index contributed by atoms with van der Waals surface area (Å²) in [6, 6.07) is 7.53. The minimum absolute atomic E-state index is 0.190. The van der Waals surface area contributed by atoms with E-state index in [9.17, 15) is 13.6 Å². The lowest BCUT2D eigenvalue weighted by Gasteiger charge is -2.14. The van der Waals surface area contributed by atoms with Crippen LogP contribution >= 0.6 is 0 Å². The van der Waals surface area contributed by atoms with E-state index in [2.05, 4.69) is 9.97 Å². The average molecular weight is 275 g/mol. The monoisotopic (exact) mass is 275 g/mol. The molecule has 3 aromatic rings. The van der Waals surface area contributed by atoms with Gasteiger partial charge in [-0.15, -0.1) is 0 Å². The van der Waals surface area contributed by atoms with Crippen molar-refractivity contribution in [2.24, 2.45) is 5.73 Å². The first-order valence-corrected chi connectivity index (χ1v) is 5.97. The average Bonchev–Trinajstić information content (AvgIpc) is 2.77. The van der Waals surface area contributed by atoms with E-state index in [1.807, 2.05) is 0 Å². The molecule has 0 bridgehead atoms. The summed E-state index contributed by atoms with van der Waals surface area (Å²) < 4.78 is 27.4. The Morgan fingerprint density at radius 2 is 1.65 bits per heavy atom. The summed E-state index contributed by atoms with van der Waals surface area (Å²) >= 11 is 0. The SMILES string of the molecule is NC(c1ccc2[nH]c(=O)[nH]c2c1)c1c(F)cccc1F. The summed E-state index contributed by atoms with van der Waals surface area (Å²) in [6.45, 7) is 0. The highest BCUT2D eigenvalue weighted by Gasteiger charge is 2.18. The molecule has 20 heavy (non-hydrogen) atoms. The predicted molar refractivity (Wildman–Crippen MR) is 71.3 cm³/mol. The van der Waals surface area contributed by atoms with Crippen molar-refractivity contribution in [3.8, 4) is 0 Å². The first-order chi connectivity index (χ1) is 9.56. The quantitative estimate of drug-likeness (QED) is 0.670. The van der Waals surface area contributed by atoms with Crippen LogP contribution in [-0.2, 0) is 0 Å². The molecule has 6 heteroatoms. The molecule has 3 rings (SSSR count). The second kappa shape index (κ2) is 4.57. The van der Waals surface area contributed by atoms with Gasteiger partial charge < -0.3 is 15.7 Å². The Bertz CT molecular complexity index is 818. The number of aromatic nitrogens is 2. The summed E-state index contributed by atoms with van der Waals surface area (Å²) in [6.07, 6.45) is 0. The highest BCUT2D eigenvalue weighted by atomic mass is 19.1. The molecule has 1 aromatic heterocycles. The highest BCUT2D eigenvalue weighted by Crippen LogP contribution is 2.26. The lowest BCUT2D eigenvalue weighted by molar-refractivity contribution is 0.543. The van der Waals surface area contributed by atoms with Gasteiger partial charge in [0.05, 0.1) is 17.1 Å². The minimum atomic E-state index is -0.945. The zero-order chi connectivity index (χ0) is 14.3. The molecule has 2 aromatic carbocycles. The molecule has 4 N–H and O–H groups in total. The first kappa shape index (κ1) is 12.6. The van der Waals surface area contributed by atoms with Crippen molar-refractivity contribution in [1.82, 2.24) is 9.97 Å². The zero-order valence-corrected chi connectivity index (χ0v) is 10.3. The number of fused-ring (bicyclic) bond motifs is 1. The zero-order valence-electron chi connectivity index (χ0n) is 10.3. The maximum Gasteiger partial charge on any atom is 0.323 e. The van der Waals surface area contributed by atoms with Crippen LogP contribution in [0.1, 0.15) is 17.2 Å². The van der Waals surface area contributed by atoms with Crippen LogP contribution in [0, 0.1) is 11.6 Å². The summed E-state index contributed by atoms with van der Waals surface area (Å²) in [4.78, 5) is 16.4. The molecule has 102 valence electrons. The van der Waals surface area contributed by atoms with E-state index in [4.69, 9.17) is 5.73 Å². The Balaban J connectivity index is 2.12. The summed E-state index contributed by atoms with van der Waals surface area (Å²) in [5.74, 6) is -1.39. The summed E-state index contributed by atoms with van der Waals surface area (Å²) in [7, 11) is 0. The van der Waals surface area contributed by atoms with Crippen LogP contribution in [0.4, 0.5) is 8.78 Å². The normalized spacial score (nSPS) is 12.8. The Labute approximate surface area is 112 Å². The van der Waals surface area contributed by atoms with Gasteiger partial charge in [0, 0.05) is 5.56 Å². The van der Waals surface area contributed by atoms with Crippen molar-refractivity contribution < 1.29 is 8.78 Å². The fourth-order valence-corrected chi connectivity index (χ4v) is 2.22. The molecular weight excluding hydrogens is 264 g/mol. The topological polar surface area (TPSA) is 74.7 Å². The molecule has 1 unspecified atom stereocenters. The second-order valence-electron chi connectivity index (χ2n) is 4.50. The molecule has 0 fully saturated rings. The van der Waals surface area contributed by atoms with Gasteiger partial charge in [-0.25, -0.2) is 13.6 Å². The third-order valence-electron chi connectivity index (χ3n) is 3.21. The smallest absolute Gasteiger partial charge is 0.320 e. The van der Waals surface area contributed by atoms with Gasteiger partial charge in [0.15, 0.2) is 0 Å². The van der Waals surface area contributed by atoms with Gasteiger partial charge in [-0.1, -0.05) is 12.1 Å². The van der Waals surface area contributed by atoms with Gasteiger partial charge in [0.25, 0.3) is 0 Å². The Morgan fingerprint density at radius 3 is 2.35 bits per heavy atom. The molecule has 0 saturated carbocycles. The summed E-state index contributed by atoms with van der Waals surface area (Å²) in [5, 5.41) is 0. The van der Waals surface area contributed by atoms with Crippen molar-refractivity contribution >= 4 is 11.0 Å². The van der Waals surface area contributed by atoms with Crippen molar-refractivity contribution in [2.75, 3.05) is 0 Å². The van der Waals surface area contributed by atoms with Crippen LogP contribution < -0.4 is 11.4 Å². The van der Waals surface area contributed by atoms with Crippen LogP contribution in [-0.4, -0.2) is 9.97 Å². The first-order valence-electron chi connectivity index (χ1n) is 5.97. The van der Waals surface area contributed by atoms with Gasteiger partial charge in [0.1, 0.15) is 11.6 Å². The number of hydrogen-bond acceptors (Lipinski definition) is 2. The molecule has 4 nitrogen and oxygen atoms in total. The molecule has 0 aliphatic heterocycles. The maximum absolute atomic E-state index is 13.7. The number of benzene rings is 2. The third kappa shape index (κ3) is 2.00. The van der Waals surface area contributed by atoms with Crippen LogP contribution in [0.25, 0.3) is 11.0 Å². The third-order valence-corrected chi connectivity index (χ3v) is 3.21. The molecule has 0 spiro atoms. The maximum atomic E-state index is 13.7. The largest absolute Gasteiger partial charge is 0.323 e. The van der Waals surface area contributed by atoms with E-state index in [1.54, 1.807) is 18.2 Å².